The third kappa shape index (κ3) is 3.93. The molecule has 2 aromatic heterocycles. The smallest absolute Gasteiger partial charge is 0.160 e. The molecule has 0 atom stereocenters. The van der Waals surface area contributed by atoms with Crippen molar-refractivity contribution in [1.82, 2.24) is 15.0 Å². The molecule has 33 heavy (non-hydrogen) atoms. The quantitative estimate of drug-likeness (QED) is 0.281. The summed E-state index contributed by atoms with van der Waals surface area (Å²) in [5.74, 6) is 0.700. The SMILES string of the molecule is c1ccc(-c2cc(-c3ccccc3)nc(-c3ccc4sc(-c5ccccc5)nc4c3)n2)cc1. The zero-order chi connectivity index (χ0) is 22.0. The molecule has 0 fully saturated rings. The van der Waals surface area contributed by atoms with Gasteiger partial charge in [0.05, 0.1) is 21.6 Å². The van der Waals surface area contributed by atoms with E-state index in [4.69, 9.17) is 15.0 Å². The Kier molecular flexibility index (Phi) is 4.98. The second-order valence-corrected chi connectivity index (χ2v) is 8.79. The predicted octanol–water partition coefficient (Wildman–Crippen LogP) is 7.75. The molecule has 0 saturated heterocycles. The molecule has 6 rings (SSSR count). The van der Waals surface area contributed by atoms with Crippen LogP contribution in [0.3, 0.4) is 0 Å². The first-order valence-electron chi connectivity index (χ1n) is 10.8. The van der Waals surface area contributed by atoms with E-state index in [1.807, 2.05) is 54.6 Å². The van der Waals surface area contributed by atoms with Crippen LogP contribution in [0.4, 0.5) is 0 Å². The van der Waals surface area contributed by atoms with Gasteiger partial charge in [-0.1, -0.05) is 91.0 Å². The Labute approximate surface area is 196 Å². The van der Waals surface area contributed by atoms with Crippen molar-refractivity contribution < 1.29 is 0 Å². The van der Waals surface area contributed by atoms with E-state index in [0.29, 0.717) is 5.82 Å². The molecule has 0 aliphatic heterocycles. The van der Waals surface area contributed by atoms with E-state index in [-0.39, 0.29) is 0 Å². The van der Waals surface area contributed by atoms with Crippen LogP contribution < -0.4 is 0 Å². The summed E-state index contributed by atoms with van der Waals surface area (Å²) in [5, 5.41) is 1.02. The van der Waals surface area contributed by atoms with E-state index >= 15 is 0 Å². The topological polar surface area (TPSA) is 38.7 Å². The van der Waals surface area contributed by atoms with Crippen LogP contribution in [-0.2, 0) is 0 Å². The summed E-state index contributed by atoms with van der Waals surface area (Å²) in [6.07, 6.45) is 0. The van der Waals surface area contributed by atoms with Crippen LogP contribution in [0.2, 0.25) is 0 Å². The van der Waals surface area contributed by atoms with Crippen LogP contribution in [0.5, 0.6) is 0 Å². The van der Waals surface area contributed by atoms with Crippen molar-refractivity contribution in [2.24, 2.45) is 0 Å². The van der Waals surface area contributed by atoms with E-state index in [2.05, 4.69) is 60.7 Å². The summed E-state index contributed by atoms with van der Waals surface area (Å²) in [6, 6.07) is 39.2. The maximum absolute atomic E-state index is 4.94. The van der Waals surface area contributed by atoms with Crippen molar-refractivity contribution in [3.05, 3.63) is 115 Å². The van der Waals surface area contributed by atoms with Crippen molar-refractivity contribution in [3.63, 3.8) is 0 Å². The van der Waals surface area contributed by atoms with Crippen LogP contribution in [0.1, 0.15) is 0 Å². The molecule has 0 N–H and O–H groups in total. The molecule has 0 aliphatic carbocycles. The van der Waals surface area contributed by atoms with Crippen LogP contribution in [0.25, 0.3) is 54.7 Å². The van der Waals surface area contributed by atoms with Gasteiger partial charge in [-0.05, 0) is 24.3 Å². The standard InChI is InChI=1S/C29H19N3S/c1-4-10-20(11-5-1)24-19-25(21-12-6-2-7-13-21)31-28(30-24)23-16-17-27-26(18-23)32-29(33-27)22-14-8-3-9-15-22/h1-19H. The third-order valence-electron chi connectivity index (χ3n) is 5.53. The highest BCUT2D eigenvalue weighted by Gasteiger charge is 2.13. The lowest BCUT2D eigenvalue weighted by Gasteiger charge is -2.09. The van der Waals surface area contributed by atoms with Gasteiger partial charge in [0.25, 0.3) is 0 Å². The first-order chi connectivity index (χ1) is 16.3. The Morgan fingerprint density at radius 3 is 1.58 bits per heavy atom. The highest BCUT2D eigenvalue weighted by Crippen LogP contribution is 2.33. The van der Waals surface area contributed by atoms with Gasteiger partial charge in [-0.15, -0.1) is 11.3 Å². The molecule has 2 heterocycles. The molecule has 0 unspecified atom stereocenters. The minimum atomic E-state index is 0.700. The third-order valence-corrected chi connectivity index (χ3v) is 6.62. The fourth-order valence-electron chi connectivity index (χ4n) is 3.86. The Bertz CT molecular complexity index is 1480. The van der Waals surface area contributed by atoms with Crippen molar-refractivity contribution in [3.8, 4) is 44.5 Å². The molecule has 0 amide bonds. The van der Waals surface area contributed by atoms with Crippen molar-refractivity contribution in [2.45, 2.75) is 0 Å². The van der Waals surface area contributed by atoms with Crippen LogP contribution in [0.15, 0.2) is 115 Å². The van der Waals surface area contributed by atoms with Gasteiger partial charge in [-0.3, -0.25) is 0 Å². The summed E-state index contributed by atoms with van der Waals surface area (Å²) in [4.78, 5) is 14.8. The summed E-state index contributed by atoms with van der Waals surface area (Å²) in [6.45, 7) is 0. The number of hydrogen-bond acceptors (Lipinski definition) is 4. The average Bonchev–Trinajstić information content (AvgIpc) is 3.34. The number of thiazole rings is 1. The molecule has 4 aromatic carbocycles. The molecule has 6 aromatic rings. The maximum Gasteiger partial charge on any atom is 0.160 e. The zero-order valence-electron chi connectivity index (χ0n) is 17.7. The number of benzene rings is 4. The first-order valence-corrected chi connectivity index (χ1v) is 11.6. The van der Waals surface area contributed by atoms with E-state index < -0.39 is 0 Å². The molecule has 3 nitrogen and oxygen atoms in total. The maximum atomic E-state index is 4.94. The molecule has 4 heteroatoms. The molecule has 0 aliphatic rings. The minimum absolute atomic E-state index is 0.700. The summed E-state index contributed by atoms with van der Waals surface area (Å²) in [7, 11) is 0. The molecular weight excluding hydrogens is 422 g/mol. The monoisotopic (exact) mass is 441 g/mol. The second kappa shape index (κ2) is 8.41. The van der Waals surface area contributed by atoms with Crippen LogP contribution >= 0.6 is 11.3 Å². The van der Waals surface area contributed by atoms with Crippen molar-refractivity contribution in [2.75, 3.05) is 0 Å². The van der Waals surface area contributed by atoms with Gasteiger partial charge in [-0.25, -0.2) is 15.0 Å². The fourth-order valence-corrected chi connectivity index (χ4v) is 4.81. The number of fused-ring (bicyclic) bond motifs is 1. The largest absolute Gasteiger partial charge is 0.236 e. The lowest BCUT2D eigenvalue weighted by molar-refractivity contribution is 1.18. The Hall–Kier alpha value is -4.15. The normalized spacial score (nSPS) is 11.0. The Morgan fingerprint density at radius 1 is 0.455 bits per heavy atom. The highest BCUT2D eigenvalue weighted by atomic mass is 32.1. The van der Waals surface area contributed by atoms with Crippen molar-refractivity contribution in [1.29, 1.82) is 0 Å². The number of aromatic nitrogens is 3. The van der Waals surface area contributed by atoms with Gasteiger partial charge in [0.1, 0.15) is 5.01 Å². The summed E-state index contributed by atoms with van der Waals surface area (Å²) >= 11 is 1.70. The first kappa shape index (κ1) is 19.5. The summed E-state index contributed by atoms with van der Waals surface area (Å²) < 4.78 is 1.15. The zero-order valence-corrected chi connectivity index (χ0v) is 18.5. The summed E-state index contributed by atoms with van der Waals surface area (Å²) in [5.41, 5.74) is 7.01. The molecule has 0 spiro atoms. The van der Waals surface area contributed by atoms with Crippen LogP contribution in [-0.4, -0.2) is 15.0 Å². The number of rotatable bonds is 4. The van der Waals surface area contributed by atoms with Gasteiger partial charge >= 0.3 is 0 Å². The second-order valence-electron chi connectivity index (χ2n) is 7.76. The van der Waals surface area contributed by atoms with Gasteiger partial charge in [0.2, 0.25) is 0 Å². The van der Waals surface area contributed by atoms with Crippen molar-refractivity contribution >= 4 is 21.6 Å². The lowest BCUT2D eigenvalue weighted by Crippen LogP contribution is -1.95. The lowest BCUT2D eigenvalue weighted by atomic mass is 10.1. The van der Waals surface area contributed by atoms with E-state index in [0.717, 1.165) is 48.9 Å². The van der Waals surface area contributed by atoms with Gasteiger partial charge in [0.15, 0.2) is 5.82 Å². The van der Waals surface area contributed by atoms with E-state index in [9.17, 15) is 0 Å². The van der Waals surface area contributed by atoms with Gasteiger partial charge in [-0.2, -0.15) is 0 Å². The predicted molar refractivity (Wildman–Crippen MR) is 137 cm³/mol. The molecule has 156 valence electrons. The molecule has 0 radical (unpaired) electrons. The van der Waals surface area contributed by atoms with Crippen LogP contribution in [0, 0.1) is 0 Å². The fraction of sp³-hybridized carbons (Fsp3) is 0. The average molecular weight is 442 g/mol. The van der Waals surface area contributed by atoms with E-state index in [1.54, 1.807) is 11.3 Å². The molecule has 0 bridgehead atoms. The minimum Gasteiger partial charge on any atom is -0.236 e. The highest BCUT2D eigenvalue weighted by molar-refractivity contribution is 7.21. The number of nitrogens with zero attached hydrogens (tertiary/aromatic N) is 3. The van der Waals surface area contributed by atoms with Gasteiger partial charge < -0.3 is 0 Å². The Balaban J connectivity index is 1.49. The number of hydrogen-bond donors (Lipinski definition) is 0. The molecular formula is C29H19N3S. The van der Waals surface area contributed by atoms with E-state index in [1.165, 1.54) is 0 Å². The van der Waals surface area contributed by atoms with Gasteiger partial charge in [0, 0.05) is 22.3 Å². The Morgan fingerprint density at radius 2 is 1.00 bits per heavy atom. The molecule has 0 saturated carbocycles.